The van der Waals surface area contributed by atoms with Crippen molar-refractivity contribution in [3.63, 3.8) is 0 Å². The Morgan fingerprint density at radius 1 is 1.32 bits per heavy atom. The number of rotatable bonds is 8. The summed E-state index contributed by atoms with van der Waals surface area (Å²) in [6, 6.07) is 8.23. The average molecular weight is 294 g/mol. The monoisotopic (exact) mass is 294 g/mol. The molecule has 3 heteroatoms. The summed E-state index contributed by atoms with van der Waals surface area (Å²) in [6.45, 7) is 7.40. The standard InChI is InChI=1S/C19H22N2O/c1-3-5-6-11-19(22)21-16(4-2)13-12-15-14-20-18-10-8-7-9-17(15)18/h3-10,14,16,20H,1-2,11-13H2,(H,21,22)/b6-5+. The Kier molecular flexibility index (Phi) is 5.78. The summed E-state index contributed by atoms with van der Waals surface area (Å²) in [7, 11) is 0. The zero-order valence-electron chi connectivity index (χ0n) is 12.7. The highest BCUT2D eigenvalue weighted by Gasteiger charge is 2.10. The molecule has 0 bridgehead atoms. The molecule has 114 valence electrons. The van der Waals surface area contributed by atoms with Gasteiger partial charge >= 0.3 is 0 Å². The van der Waals surface area contributed by atoms with Crippen LogP contribution in [0.3, 0.4) is 0 Å². The fraction of sp³-hybridized carbons (Fsp3) is 0.211. The summed E-state index contributed by atoms with van der Waals surface area (Å²) >= 11 is 0. The molecule has 0 aliphatic rings. The van der Waals surface area contributed by atoms with Crippen molar-refractivity contribution in [2.75, 3.05) is 0 Å². The molecule has 0 radical (unpaired) electrons. The molecular formula is C19H22N2O. The number of nitrogens with one attached hydrogen (secondary N) is 2. The maximum absolute atomic E-state index is 11.8. The van der Waals surface area contributed by atoms with Crippen molar-refractivity contribution >= 4 is 16.8 Å². The smallest absolute Gasteiger partial charge is 0.224 e. The SMILES string of the molecule is C=C/C=C/CC(=O)NC(C=C)CCc1c[nH]c2ccccc12. The number of carbonyl (C=O) groups excluding carboxylic acids is 1. The molecule has 0 aliphatic heterocycles. The molecule has 0 aliphatic carbocycles. The third-order valence-corrected chi connectivity index (χ3v) is 3.61. The lowest BCUT2D eigenvalue weighted by molar-refractivity contribution is -0.120. The minimum Gasteiger partial charge on any atom is -0.361 e. The molecule has 1 atom stereocenters. The first-order chi connectivity index (χ1) is 10.7. The van der Waals surface area contributed by atoms with E-state index in [2.05, 4.69) is 35.6 Å². The maximum atomic E-state index is 11.8. The summed E-state index contributed by atoms with van der Waals surface area (Å²) in [5.41, 5.74) is 2.41. The predicted octanol–water partition coefficient (Wildman–Crippen LogP) is 3.90. The molecular weight excluding hydrogens is 272 g/mol. The van der Waals surface area contributed by atoms with Gasteiger partial charge < -0.3 is 10.3 Å². The van der Waals surface area contributed by atoms with Gasteiger partial charge in [-0.05, 0) is 24.5 Å². The van der Waals surface area contributed by atoms with Crippen LogP contribution < -0.4 is 5.32 Å². The van der Waals surface area contributed by atoms with E-state index in [-0.39, 0.29) is 11.9 Å². The van der Waals surface area contributed by atoms with Crippen molar-refractivity contribution in [2.45, 2.75) is 25.3 Å². The van der Waals surface area contributed by atoms with Crippen molar-refractivity contribution < 1.29 is 4.79 Å². The van der Waals surface area contributed by atoms with Gasteiger partial charge in [0, 0.05) is 29.6 Å². The number of para-hydroxylation sites is 1. The van der Waals surface area contributed by atoms with E-state index in [0.717, 1.165) is 18.4 Å². The van der Waals surface area contributed by atoms with Crippen LogP contribution in [0, 0.1) is 0 Å². The van der Waals surface area contributed by atoms with Crippen LogP contribution in [-0.2, 0) is 11.2 Å². The van der Waals surface area contributed by atoms with Gasteiger partial charge in [0.1, 0.15) is 0 Å². The molecule has 2 aromatic rings. The molecule has 1 amide bonds. The van der Waals surface area contributed by atoms with Gasteiger partial charge in [0.15, 0.2) is 0 Å². The van der Waals surface area contributed by atoms with Gasteiger partial charge in [-0.15, -0.1) is 6.58 Å². The largest absolute Gasteiger partial charge is 0.361 e. The average Bonchev–Trinajstić information content (AvgIpc) is 2.95. The number of hydrogen-bond donors (Lipinski definition) is 2. The molecule has 1 aromatic heterocycles. The minimum atomic E-state index is -0.0155. The van der Waals surface area contributed by atoms with E-state index < -0.39 is 0 Å². The third-order valence-electron chi connectivity index (χ3n) is 3.61. The first kappa shape index (κ1) is 15.8. The van der Waals surface area contributed by atoms with Gasteiger partial charge in [-0.1, -0.05) is 49.1 Å². The lowest BCUT2D eigenvalue weighted by atomic mass is 10.0. The molecule has 2 N–H and O–H groups in total. The number of allylic oxidation sites excluding steroid dienone is 2. The fourth-order valence-electron chi connectivity index (χ4n) is 2.44. The Hall–Kier alpha value is -2.55. The number of fused-ring (bicyclic) bond motifs is 1. The highest BCUT2D eigenvalue weighted by molar-refractivity contribution is 5.83. The van der Waals surface area contributed by atoms with Crippen LogP contribution in [0.15, 0.2) is 67.9 Å². The fourth-order valence-corrected chi connectivity index (χ4v) is 2.44. The Morgan fingerprint density at radius 3 is 2.91 bits per heavy atom. The second kappa shape index (κ2) is 8.03. The number of benzene rings is 1. The van der Waals surface area contributed by atoms with Crippen LogP contribution in [0.2, 0.25) is 0 Å². The summed E-state index contributed by atoms with van der Waals surface area (Å²) in [5.74, 6) is 0.00178. The van der Waals surface area contributed by atoms with Gasteiger partial charge in [-0.3, -0.25) is 4.79 Å². The van der Waals surface area contributed by atoms with E-state index in [1.807, 2.05) is 18.3 Å². The summed E-state index contributed by atoms with van der Waals surface area (Å²) < 4.78 is 0. The zero-order chi connectivity index (χ0) is 15.8. The van der Waals surface area contributed by atoms with Crippen LogP contribution in [-0.4, -0.2) is 16.9 Å². The second-order valence-corrected chi connectivity index (χ2v) is 5.18. The number of aromatic amines is 1. The van der Waals surface area contributed by atoms with Crippen molar-refractivity contribution in [1.82, 2.24) is 10.3 Å². The number of amides is 1. The highest BCUT2D eigenvalue weighted by Crippen LogP contribution is 2.19. The van der Waals surface area contributed by atoms with Crippen molar-refractivity contribution in [3.05, 3.63) is 73.5 Å². The molecule has 2 rings (SSSR count). The quantitative estimate of drug-likeness (QED) is 0.563. The van der Waals surface area contributed by atoms with Crippen molar-refractivity contribution in [3.8, 4) is 0 Å². The summed E-state index contributed by atoms with van der Waals surface area (Å²) in [6.07, 6.45) is 11.2. The van der Waals surface area contributed by atoms with Gasteiger partial charge in [0.2, 0.25) is 5.91 Å². The lowest BCUT2D eigenvalue weighted by Gasteiger charge is -2.14. The van der Waals surface area contributed by atoms with E-state index in [1.165, 1.54) is 10.9 Å². The van der Waals surface area contributed by atoms with E-state index >= 15 is 0 Å². The molecule has 1 heterocycles. The lowest BCUT2D eigenvalue weighted by Crippen LogP contribution is -2.33. The minimum absolute atomic E-state index is 0.00178. The molecule has 0 fully saturated rings. The molecule has 1 aromatic carbocycles. The van der Waals surface area contributed by atoms with Crippen LogP contribution in [0.5, 0.6) is 0 Å². The Labute approximate surface area is 131 Å². The Morgan fingerprint density at radius 2 is 2.14 bits per heavy atom. The highest BCUT2D eigenvalue weighted by atomic mass is 16.1. The molecule has 0 saturated carbocycles. The predicted molar refractivity (Wildman–Crippen MR) is 92.7 cm³/mol. The molecule has 0 spiro atoms. The van der Waals surface area contributed by atoms with Crippen LogP contribution in [0.4, 0.5) is 0 Å². The van der Waals surface area contributed by atoms with Crippen LogP contribution >= 0.6 is 0 Å². The second-order valence-electron chi connectivity index (χ2n) is 5.18. The normalized spacial score (nSPS) is 12.4. The first-order valence-electron chi connectivity index (χ1n) is 7.49. The number of hydrogen-bond acceptors (Lipinski definition) is 1. The number of H-pyrrole nitrogens is 1. The Bertz CT molecular complexity index is 682. The molecule has 1 unspecified atom stereocenters. The number of carbonyl (C=O) groups is 1. The Balaban J connectivity index is 1.90. The van der Waals surface area contributed by atoms with Crippen molar-refractivity contribution in [1.29, 1.82) is 0 Å². The van der Waals surface area contributed by atoms with Crippen LogP contribution in [0.25, 0.3) is 10.9 Å². The maximum Gasteiger partial charge on any atom is 0.224 e. The van der Waals surface area contributed by atoms with Gasteiger partial charge in [-0.25, -0.2) is 0 Å². The topological polar surface area (TPSA) is 44.9 Å². The van der Waals surface area contributed by atoms with Gasteiger partial charge in [0.25, 0.3) is 0 Å². The summed E-state index contributed by atoms with van der Waals surface area (Å²) in [5, 5.41) is 4.22. The third kappa shape index (κ3) is 4.22. The van der Waals surface area contributed by atoms with E-state index in [0.29, 0.717) is 6.42 Å². The van der Waals surface area contributed by atoms with Gasteiger partial charge in [-0.2, -0.15) is 0 Å². The summed E-state index contributed by atoms with van der Waals surface area (Å²) in [4.78, 5) is 15.1. The molecule has 22 heavy (non-hydrogen) atoms. The van der Waals surface area contributed by atoms with Crippen molar-refractivity contribution in [2.24, 2.45) is 0 Å². The molecule has 3 nitrogen and oxygen atoms in total. The van der Waals surface area contributed by atoms with E-state index in [1.54, 1.807) is 24.3 Å². The zero-order valence-corrected chi connectivity index (χ0v) is 12.7. The van der Waals surface area contributed by atoms with Crippen LogP contribution in [0.1, 0.15) is 18.4 Å². The number of aromatic nitrogens is 1. The van der Waals surface area contributed by atoms with E-state index in [9.17, 15) is 4.79 Å². The number of aryl methyl sites for hydroxylation is 1. The first-order valence-corrected chi connectivity index (χ1v) is 7.49. The van der Waals surface area contributed by atoms with Gasteiger partial charge in [0.05, 0.1) is 0 Å². The van der Waals surface area contributed by atoms with E-state index in [4.69, 9.17) is 0 Å². The molecule has 0 saturated heterocycles.